The summed E-state index contributed by atoms with van der Waals surface area (Å²) in [5.41, 5.74) is 0. The third-order valence-electron chi connectivity index (χ3n) is 14.2. The molecule has 0 saturated carbocycles. The van der Waals surface area contributed by atoms with Gasteiger partial charge < -0.3 is 18.9 Å². The Balaban J connectivity index is 4.16. The Hall–Kier alpha value is -3.85. The molecule has 0 rings (SSSR count). The number of hydrogen-bond acceptors (Lipinski definition) is 7. The fourth-order valence-electron chi connectivity index (χ4n) is 8.98. The topological polar surface area (TPSA) is 108 Å². The molecule has 0 aromatic rings. The van der Waals surface area contributed by atoms with Crippen molar-refractivity contribution in [3.63, 3.8) is 0 Å². The molecule has 10 heteroatoms. The average molecular weight is 1190 g/mol. The lowest BCUT2D eigenvalue weighted by atomic mass is 10.0. The van der Waals surface area contributed by atoms with Crippen LogP contribution < -0.4 is 0 Å². The zero-order valence-electron chi connectivity index (χ0n) is 54.6. The number of rotatable bonds is 61. The summed E-state index contributed by atoms with van der Waals surface area (Å²) in [4.78, 5) is 35.9. The third-order valence-corrected chi connectivity index (χ3v) is 15.1. The second-order valence-corrected chi connectivity index (χ2v) is 24.9. The van der Waals surface area contributed by atoms with E-state index in [1.54, 1.807) is 0 Å². The highest BCUT2D eigenvalue weighted by atomic mass is 31.2. The SMILES string of the molecule is CC/C=C\C/C=C\C/C=C\C/C=C\C/C=C\C/C=C\C/C=C\C/C=C\CCCCCCCCC(=O)OC(COC(=O)CCCCCCCCCCCCCCCC/C=C\C/C=C\C/C=C\CCCCCCC)COP(=O)(O)OCC[N+](C)(C)C. The van der Waals surface area contributed by atoms with Crippen molar-refractivity contribution in [2.45, 2.75) is 277 Å². The van der Waals surface area contributed by atoms with Crippen LogP contribution in [0, 0.1) is 0 Å². The fraction of sp³-hybridized carbons (Fsp3) is 0.676. The number of carbonyl (C=O) groups is 2. The van der Waals surface area contributed by atoms with Crippen molar-refractivity contribution in [3.05, 3.63) is 134 Å². The number of carbonyl (C=O) groups excluding carboxylic acids is 2. The van der Waals surface area contributed by atoms with Crippen LogP contribution in [0.5, 0.6) is 0 Å². The maximum atomic E-state index is 12.9. The average Bonchev–Trinajstić information content (AvgIpc) is 3.61. The first-order valence-electron chi connectivity index (χ1n) is 33.9. The maximum absolute atomic E-state index is 12.9. The van der Waals surface area contributed by atoms with E-state index in [9.17, 15) is 19.0 Å². The van der Waals surface area contributed by atoms with Gasteiger partial charge in [0, 0.05) is 12.8 Å². The molecular formula is C74H127NO8P+. The van der Waals surface area contributed by atoms with Crippen molar-refractivity contribution >= 4 is 19.8 Å². The van der Waals surface area contributed by atoms with E-state index >= 15 is 0 Å². The number of likely N-dealkylation sites (N-methyl/N-ethyl adjacent to an activating group) is 1. The molecule has 2 atom stereocenters. The largest absolute Gasteiger partial charge is 0.472 e. The first kappa shape index (κ1) is 80.2. The molecule has 1 N–H and O–H groups in total. The van der Waals surface area contributed by atoms with Crippen LogP contribution in [0.4, 0.5) is 0 Å². The fourth-order valence-corrected chi connectivity index (χ4v) is 9.72. The summed E-state index contributed by atoms with van der Waals surface area (Å²) in [5.74, 6) is -0.818. The molecule has 9 nitrogen and oxygen atoms in total. The maximum Gasteiger partial charge on any atom is 0.472 e. The van der Waals surface area contributed by atoms with Gasteiger partial charge in [0.2, 0.25) is 0 Å². The molecule has 2 unspecified atom stereocenters. The van der Waals surface area contributed by atoms with Crippen LogP contribution in [0.15, 0.2) is 134 Å². The van der Waals surface area contributed by atoms with Crippen LogP contribution in [0.1, 0.15) is 271 Å². The third kappa shape index (κ3) is 67.3. The molecule has 0 fully saturated rings. The first-order valence-corrected chi connectivity index (χ1v) is 35.4. The number of allylic oxidation sites excluding steroid dienone is 22. The van der Waals surface area contributed by atoms with Crippen molar-refractivity contribution in [1.29, 1.82) is 0 Å². The standard InChI is InChI=1S/C74H126NO8P/c1-6-8-10-12-14-16-18-20-22-24-26-28-30-32-34-36-37-39-41-43-45-47-49-51-53-55-57-59-61-63-65-67-74(77)83-72(71-82-84(78,79)81-69-68-75(3,4)5)70-80-73(76)66-64-62-60-58-56-54-52-50-48-46-44-42-40-38-35-33-31-29-27-25-23-21-19-17-15-13-11-9-7-2/h8,10,14,16,19-22,25-28,31-34,37,39,43,45,49,51,72H,6-7,9,11-13,15,17-18,23-24,29-30,35-36,38,40-42,44,46-48,50,52-71H2,1-5H3/p+1/b10-8-,16-14-,21-19-,22-20-,27-25-,28-26-,33-31-,34-32-,39-37-,45-43-,51-49-. The Morgan fingerprint density at radius 3 is 1.01 bits per heavy atom. The second kappa shape index (κ2) is 63.6. The highest BCUT2D eigenvalue weighted by molar-refractivity contribution is 7.47. The quantitative estimate of drug-likeness (QED) is 0.0211. The lowest BCUT2D eigenvalue weighted by molar-refractivity contribution is -0.870. The molecular weight excluding hydrogens is 1060 g/mol. The number of hydrogen-bond donors (Lipinski definition) is 1. The molecule has 0 amide bonds. The molecule has 0 aromatic carbocycles. The van der Waals surface area contributed by atoms with Gasteiger partial charge in [0.1, 0.15) is 19.8 Å². The number of unbranched alkanes of at least 4 members (excludes halogenated alkanes) is 25. The number of phosphoric ester groups is 1. The van der Waals surface area contributed by atoms with E-state index in [1.165, 1.54) is 116 Å². The van der Waals surface area contributed by atoms with Crippen LogP contribution in [0.2, 0.25) is 0 Å². The Bertz CT molecular complexity index is 1880. The van der Waals surface area contributed by atoms with E-state index in [0.717, 1.165) is 122 Å². The van der Waals surface area contributed by atoms with Crippen LogP contribution in [-0.4, -0.2) is 74.9 Å². The summed E-state index contributed by atoms with van der Waals surface area (Å²) in [6.45, 7) is 4.29. The van der Waals surface area contributed by atoms with Crippen molar-refractivity contribution in [3.8, 4) is 0 Å². The smallest absolute Gasteiger partial charge is 0.462 e. The van der Waals surface area contributed by atoms with Crippen LogP contribution >= 0.6 is 7.82 Å². The minimum Gasteiger partial charge on any atom is -0.462 e. The molecule has 0 spiro atoms. The van der Waals surface area contributed by atoms with Gasteiger partial charge in [0.25, 0.3) is 0 Å². The molecule has 84 heavy (non-hydrogen) atoms. The number of nitrogens with zero attached hydrogens (tertiary/aromatic N) is 1. The van der Waals surface area contributed by atoms with E-state index < -0.39 is 26.5 Å². The van der Waals surface area contributed by atoms with Gasteiger partial charge in [-0.25, -0.2) is 4.57 Å². The minimum absolute atomic E-state index is 0.0218. The van der Waals surface area contributed by atoms with Gasteiger partial charge in [0.15, 0.2) is 6.10 Å². The number of phosphoric acid groups is 1. The van der Waals surface area contributed by atoms with Gasteiger partial charge >= 0.3 is 19.8 Å². The summed E-state index contributed by atoms with van der Waals surface area (Å²) in [6, 6.07) is 0. The molecule has 0 aliphatic heterocycles. The van der Waals surface area contributed by atoms with E-state index in [4.69, 9.17) is 18.5 Å². The first-order chi connectivity index (χ1) is 41.0. The molecule has 0 bridgehead atoms. The molecule has 0 aromatic heterocycles. The number of ether oxygens (including phenoxy) is 2. The highest BCUT2D eigenvalue weighted by Gasteiger charge is 2.27. The number of quaternary nitrogens is 1. The van der Waals surface area contributed by atoms with E-state index in [1.807, 2.05) is 21.1 Å². The molecule has 0 radical (unpaired) electrons. The minimum atomic E-state index is -4.41. The van der Waals surface area contributed by atoms with Gasteiger partial charge in [-0.2, -0.15) is 0 Å². The van der Waals surface area contributed by atoms with Crippen LogP contribution in [0.25, 0.3) is 0 Å². The molecule has 0 aliphatic carbocycles. The predicted octanol–water partition coefficient (Wildman–Crippen LogP) is 22.0. The summed E-state index contributed by atoms with van der Waals surface area (Å²) in [6.07, 6.45) is 92.5. The molecule has 0 saturated heterocycles. The zero-order valence-corrected chi connectivity index (χ0v) is 55.5. The lowest BCUT2D eigenvalue weighted by Crippen LogP contribution is -2.37. The zero-order chi connectivity index (χ0) is 61.2. The predicted molar refractivity (Wildman–Crippen MR) is 362 cm³/mol. The lowest BCUT2D eigenvalue weighted by Gasteiger charge is -2.24. The summed E-state index contributed by atoms with van der Waals surface area (Å²) in [7, 11) is 1.45. The van der Waals surface area contributed by atoms with Crippen molar-refractivity contribution in [1.82, 2.24) is 0 Å². The van der Waals surface area contributed by atoms with Crippen LogP contribution in [0.3, 0.4) is 0 Å². The Morgan fingerprint density at radius 1 is 0.381 bits per heavy atom. The monoisotopic (exact) mass is 1190 g/mol. The molecule has 0 aliphatic rings. The van der Waals surface area contributed by atoms with Gasteiger partial charge in [-0.3, -0.25) is 18.6 Å². The van der Waals surface area contributed by atoms with Gasteiger partial charge in [-0.1, -0.05) is 276 Å². The van der Waals surface area contributed by atoms with Crippen molar-refractivity contribution in [2.24, 2.45) is 0 Å². The van der Waals surface area contributed by atoms with E-state index in [2.05, 4.69) is 148 Å². The Morgan fingerprint density at radius 2 is 0.679 bits per heavy atom. The van der Waals surface area contributed by atoms with Gasteiger partial charge in [0.05, 0.1) is 27.7 Å². The number of esters is 2. The summed E-state index contributed by atoms with van der Waals surface area (Å²) >= 11 is 0. The molecule has 480 valence electrons. The summed E-state index contributed by atoms with van der Waals surface area (Å²) < 4.78 is 34.7. The summed E-state index contributed by atoms with van der Waals surface area (Å²) in [5, 5.41) is 0. The Labute approximate surface area is 517 Å². The van der Waals surface area contributed by atoms with Crippen molar-refractivity contribution < 1.29 is 42.1 Å². The normalized spacial score (nSPS) is 14.0. The molecule has 0 heterocycles. The van der Waals surface area contributed by atoms with Crippen LogP contribution in [-0.2, 0) is 32.7 Å². The van der Waals surface area contributed by atoms with Gasteiger partial charge in [-0.05, 0) is 116 Å². The van der Waals surface area contributed by atoms with Gasteiger partial charge in [-0.15, -0.1) is 0 Å². The van der Waals surface area contributed by atoms with Crippen molar-refractivity contribution in [2.75, 3.05) is 47.5 Å². The van der Waals surface area contributed by atoms with E-state index in [0.29, 0.717) is 17.4 Å². The van der Waals surface area contributed by atoms with E-state index in [-0.39, 0.29) is 32.0 Å². The Kier molecular flexibility index (Phi) is 60.7. The highest BCUT2D eigenvalue weighted by Crippen LogP contribution is 2.43. The second-order valence-electron chi connectivity index (χ2n) is 23.5.